The van der Waals surface area contributed by atoms with E-state index in [1.165, 1.54) is 5.56 Å². The maximum Gasteiger partial charge on any atom is 0.281 e. The fourth-order valence-electron chi connectivity index (χ4n) is 4.78. The molecular weight excluding hydrogens is 470 g/mol. The molecule has 1 heterocycles. The largest absolute Gasteiger partial charge is 0.372 e. The van der Waals surface area contributed by atoms with Crippen LogP contribution in [0.25, 0.3) is 16.8 Å². The lowest BCUT2D eigenvalue weighted by atomic mass is 9.85. The van der Waals surface area contributed by atoms with Gasteiger partial charge in [-0.15, -0.1) is 0 Å². The van der Waals surface area contributed by atoms with Crippen molar-refractivity contribution in [3.8, 4) is 16.8 Å². The van der Waals surface area contributed by atoms with Gasteiger partial charge in [0.1, 0.15) is 0 Å². The summed E-state index contributed by atoms with van der Waals surface area (Å²) in [5.74, 6) is -0.628. The molecule has 0 spiro atoms. The van der Waals surface area contributed by atoms with Crippen molar-refractivity contribution < 1.29 is 9.90 Å². The molecule has 0 saturated carbocycles. The third-order valence-electron chi connectivity index (χ3n) is 6.78. The molecule has 1 amide bonds. The molecule has 5 nitrogen and oxygen atoms in total. The lowest BCUT2D eigenvalue weighted by molar-refractivity contribution is -0.136. The number of nitrogens with zero attached hydrogens (tertiary/aromatic N) is 2. The maximum absolute atomic E-state index is 13.3. The third-order valence-corrected chi connectivity index (χ3v) is 6.78. The lowest BCUT2D eigenvalue weighted by Gasteiger charge is -2.27. The zero-order chi connectivity index (χ0) is 26.5. The Morgan fingerprint density at radius 1 is 0.763 bits per heavy atom. The fraction of sp³-hybridized carbons (Fsp3) is 0.0909. The van der Waals surface area contributed by atoms with E-state index in [0.29, 0.717) is 11.1 Å². The van der Waals surface area contributed by atoms with Crippen LogP contribution in [0.15, 0.2) is 126 Å². The number of benzene rings is 4. The molecule has 0 fully saturated rings. The quantitative estimate of drug-likeness (QED) is 0.208. The van der Waals surface area contributed by atoms with Crippen LogP contribution in [0.5, 0.6) is 0 Å². The standard InChI is InChI=1S/C33H29N3O2/c1-24-22-28(25(2)36(24)31-20-18-27(19-21-31)26-12-6-3-7-13-26)23-34-35-32(37)33(38,29-14-8-4-9-15-29)30-16-10-5-11-17-30/h3-23,38H,1-2H3,(H,35,37)/b34-23-. The van der Waals surface area contributed by atoms with Gasteiger partial charge in [0.2, 0.25) is 0 Å². The fourth-order valence-corrected chi connectivity index (χ4v) is 4.78. The molecule has 188 valence electrons. The average Bonchev–Trinajstić information content (AvgIpc) is 3.26. The summed E-state index contributed by atoms with van der Waals surface area (Å²) < 4.78 is 2.15. The normalized spacial score (nSPS) is 11.6. The minimum atomic E-state index is -1.88. The van der Waals surface area contributed by atoms with Crippen LogP contribution in [0, 0.1) is 13.8 Å². The lowest BCUT2D eigenvalue weighted by Crippen LogP contribution is -2.43. The van der Waals surface area contributed by atoms with E-state index in [9.17, 15) is 9.90 Å². The Bertz CT molecular complexity index is 1520. The van der Waals surface area contributed by atoms with E-state index in [1.54, 1.807) is 54.7 Å². The highest BCUT2D eigenvalue weighted by Gasteiger charge is 2.39. The van der Waals surface area contributed by atoms with Crippen molar-refractivity contribution in [3.05, 3.63) is 149 Å². The molecule has 5 rings (SSSR count). The number of aromatic nitrogens is 1. The van der Waals surface area contributed by atoms with Crippen LogP contribution in [0.4, 0.5) is 0 Å². The first-order valence-corrected chi connectivity index (χ1v) is 12.5. The summed E-state index contributed by atoms with van der Waals surface area (Å²) in [7, 11) is 0. The Kier molecular flexibility index (Phi) is 7.03. The van der Waals surface area contributed by atoms with Crippen LogP contribution in [0.2, 0.25) is 0 Å². The Morgan fingerprint density at radius 3 is 1.82 bits per heavy atom. The Balaban J connectivity index is 1.38. The topological polar surface area (TPSA) is 66.6 Å². The second-order valence-electron chi connectivity index (χ2n) is 9.22. The summed E-state index contributed by atoms with van der Waals surface area (Å²) in [6, 6.07) is 38.5. The van der Waals surface area contributed by atoms with Crippen LogP contribution in [0.3, 0.4) is 0 Å². The summed E-state index contributed by atoms with van der Waals surface area (Å²) in [5.41, 5.74) is 7.92. The second kappa shape index (κ2) is 10.7. The molecule has 38 heavy (non-hydrogen) atoms. The van der Waals surface area contributed by atoms with Crippen molar-refractivity contribution in [1.29, 1.82) is 0 Å². The number of aryl methyl sites for hydroxylation is 1. The average molecular weight is 500 g/mol. The molecular formula is C33H29N3O2. The van der Waals surface area contributed by atoms with E-state index in [0.717, 1.165) is 28.2 Å². The van der Waals surface area contributed by atoms with Gasteiger partial charge in [-0.2, -0.15) is 5.10 Å². The van der Waals surface area contributed by atoms with Crippen LogP contribution < -0.4 is 5.43 Å². The van der Waals surface area contributed by atoms with Crippen molar-refractivity contribution in [2.45, 2.75) is 19.4 Å². The predicted octanol–water partition coefficient (Wildman–Crippen LogP) is 6.15. The number of hydrogen-bond acceptors (Lipinski definition) is 3. The SMILES string of the molecule is Cc1cc(/C=N\NC(=O)C(O)(c2ccccc2)c2ccccc2)c(C)n1-c1ccc(-c2ccccc2)cc1. The minimum Gasteiger partial charge on any atom is -0.372 e. The highest BCUT2D eigenvalue weighted by atomic mass is 16.3. The molecule has 0 aliphatic carbocycles. The third kappa shape index (κ3) is 4.80. The van der Waals surface area contributed by atoms with E-state index >= 15 is 0 Å². The minimum absolute atomic E-state index is 0.469. The van der Waals surface area contributed by atoms with Crippen molar-refractivity contribution in [2.75, 3.05) is 0 Å². The van der Waals surface area contributed by atoms with Gasteiger partial charge in [-0.3, -0.25) is 4.79 Å². The van der Waals surface area contributed by atoms with Gasteiger partial charge in [-0.25, -0.2) is 5.43 Å². The van der Waals surface area contributed by atoms with Gasteiger partial charge in [0.15, 0.2) is 5.60 Å². The van der Waals surface area contributed by atoms with Crippen molar-refractivity contribution in [1.82, 2.24) is 9.99 Å². The van der Waals surface area contributed by atoms with Crippen molar-refractivity contribution >= 4 is 12.1 Å². The molecule has 0 unspecified atom stereocenters. The molecule has 5 aromatic rings. The van der Waals surface area contributed by atoms with Crippen molar-refractivity contribution in [3.63, 3.8) is 0 Å². The van der Waals surface area contributed by atoms with Gasteiger partial charge < -0.3 is 9.67 Å². The Morgan fingerprint density at radius 2 is 1.26 bits per heavy atom. The summed E-state index contributed by atoms with van der Waals surface area (Å²) in [5, 5.41) is 15.8. The first-order valence-electron chi connectivity index (χ1n) is 12.5. The predicted molar refractivity (Wildman–Crippen MR) is 152 cm³/mol. The van der Waals surface area contributed by atoms with Crippen LogP contribution >= 0.6 is 0 Å². The molecule has 5 heteroatoms. The molecule has 1 aromatic heterocycles. The van der Waals surface area contributed by atoms with Gasteiger partial charge in [-0.05, 0) is 54.3 Å². The second-order valence-corrected chi connectivity index (χ2v) is 9.22. The first-order chi connectivity index (χ1) is 18.5. The highest BCUT2D eigenvalue weighted by Crippen LogP contribution is 2.30. The maximum atomic E-state index is 13.3. The number of carbonyl (C=O) groups excluding carboxylic acids is 1. The van der Waals surface area contributed by atoms with Gasteiger partial charge in [0, 0.05) is 22.6 Å². The van der Waals surface area contributed by atoms with E-state index in [4.69, 9.17) is 0 Å². The van der Waals surface area contributed by atoms with Crippen LogP contribution in [-0.2, 0) is 10.4 Å². The highest BCUT2D eigenvalue weighted by molar-refractivity contribution is 5.91. The van der Waals surface area contributed by atoms with Gasteiger partial charge >= 0.3 is 0 Å². The van der Waals surface area contributed by atoms with E-state index < -0.39 is 11.5 Å². The first kappa shape index (κ1) is 24.9. The van der Waals surface area contributed by atoms with E-state index in [1.807, 2.05) is 50.2 Å². The summed E-state index contributed by atoms with van der Waals surface area (Å²) in [4.78, 5) is 13.3. The molecule has 2 N–H and O–H groups in total. The monoisotopic (exact) mass is 499 g/mol. The zero-order valence-corrected chi connectivity index (χ0v) is 21.4. The number of hydrazone groups is 1. The van der Waals surface area contributed by atoms with Gasteiger partial charge in [-0.1, -0.05) is 103 Å². The Hall–Kier alpha value is -4.74. The molecule has 0 aliphatic heterocycles. The van der Waals surface area contributed by atoms with Gasteiger partial charge in [0.25, 0.3) is 5.91 Å². The number of aliphatic hydroxyl groups is 1. The summed E-state index contributed by atoms with van der Waals surface area (Å²) in [6.45, 7) is 4.06. The number of nitrogens with one attached hydrogen (secondary N) is 1. The van der Waals surface area contributed by atoms with E-state index in [-0.39, 0.29) is 0 Å². The Labute approximate surface area is 222 Å². The molecule has 0 radical (unpaired) electrons. The number of hydrogen-bond donors (Lipinski definition) is 2. The summed E-state index contributed by atoms with van der Waals surface area (Å²) >= 11 is 0. The number of carbonyl (C=O) groups is 1. The van der Waals surface area contributed by atoms with Crippen LogP contribution in [0.1, 0.15) is 28.1 Å². The molecule has 0 aliphatic rings. The van der Waals surface area contributed by atoms with Crippen LogP contribution in [-0.4, -0.2) is 21.8 Å². The van der Waals surface area contributed by atoms with Gasteiger partial charge in [0.05, 0.1) is 6.21 Å². The molecule has 4 aromatic carbocycles. The molecule has 0 atom stereocenters. The summed E-state index contributed by atoms with van der Waals surface area (Å²) in [6.07, 6.45) is 1.62. The van der Waals surface area contributed by atoms with E-state index in [2.05, 4.69) is 51.5 Å². The number of amides is 1. The number of rotatable bonds is 7. The zero-order valence-electron chi connectivity index (χ0n) is 21.4. The smallest absolute Gasteiger partial charge is 0.281 e. The molecule has 0 saturated heterocycles. The molecule has 0 bridgehead atoms. The van der Waals surface area contributed by atoms with Crippen molar-refractivity contribution in [2.24, 2.45) is 5.10 Å².